The molecule has 0 radical (unpaired) electrons. The fourth-order valence-corrected chi connectivity index (χ4v) is 7.83. The van der Waals surface area contributed by atoms with E-state index < -0.39 is 126 Å². The molecule has 0 aromatic carbocycles. The number of nitrogens with zero attached hydrogens (tertiary/aromatic N) is 1. The fraction of sp³-hybridized carbons (Fsp3) is 0.750. The van der Waals surface area contributed by atoms with Crippen LogP contribution in [0.25, 0.3) is 0 Å². The summed E-state index contributed by atoms with van der Waals surface area (Å²) in [7, 11) is -36.1. The summed E-state index contributed by atoms with van der Waals surface area (Å²) in [6.07, 6.45) is -19.2. The minimum absolute atomic E-state index is 0.135. The van der Waals surface area contributed by atoms with Gasteiger partial charge in [0, 0.05) is 28.7 Å². The molecule has 1 saturated carbocycles. The lowest BCUT2D eigenvalue weighted by atomic mass is 9.85. The molecule has 340 valence electrons. The van der Waals surface area contributed by atoms with Crippen LogP contribution >= 0.6 is 58.9 Å². The Balaban J connectivity index is 0.00000127. The van der Waals surface area contributed by atoms with Crippen LogP contribution in [0.3, 0.4) is 0 Å². The molecule has 0 aliphatic heterocycles. The summed E-state index contributed by atoms with van der Waals surface area (Å²) in [6, 6.07) is -2.38. The first-order valence-corrected chi connectivity index (χ1v) is 24.1. The molecule has 0 spiro atoms. The third-order valence-electron chi connectivity index (χ3n) is 5.86. The van der Waals surface area contributed by atoms with Gasteiger partial charge >= 0.3 is 58.9 Å². The maximum atomic E-state index is 11.7. The fourth-order valence-electron chi connectivity index (χ4n) is 4.04. The van der Waals surface area contributed by atoms with Crippen molar-refractivity contribution in [2.75, 3.05) is 12.3 Å². The number of nitrogens with two attached hydrogens (primary N) is 1. The van der Waals surface area contributed by atoms with E-state index in [1.165, 1.54) is 0 Å². The van der Waals surface area contributed by atoms with Gasteiger partial charge in [-0.1, -0.05) is 0 Å². The van der Waals surface area contributed by atoms with E-state index >= 15 is 0 Å². The third kappa shape index (κ3) is 25.3. The van der Waals surface area contributed by atoms with Gasteiger partial charge in [-0.05, 0) is 6.42 Å². The highest BCUT2D eigenvalue weighted by atomic mass is 32.2. The Kier molecular flexibility index (Phi) is 22.4. The van der Waals surface area contributed by atoms with Gasteiger partial charge in [0.05, 0.1) is 0 Å². The zero-order valence-corrected chi connectivity index (χ0v) is 33.9. The topological polar surface area (TPSA) is 589 Å². The number of carbonyl (C=O) groups excluding carboxylic acids is 2. The Morgan fingerprint density at radius 1 is 0.603 bits per heavy atom. The van der Waals surface area contributed by atoms with Gasteiger partial charge in [-0.3, -0.25) is 46.3 Å². The molecule has 58 heavy (non-hydrogen) atoms. The third-order valence-corrected chi connectivity index (χ3v) is 9.55. The number of aliphatic carboxylic acids is 2. The summed E-state index contributed by atoms with van der Waals surface area (Å²) < 4.78 is 95.6. The van der Waals surface area contributed by atoms with Crippen LogP contribution in [0.4, 0.5) is 0 Å². The van der Waals surface area contributed by atoms with Crippen LogP contribution in [0.15, 0.2) is 4.58 Å². The SMILES string of the molecule is N[C@@H](CCC(=O)N[C@@H](CSN=O)C(=O)NCC(=O)O)C(=O)O.O=P(O)(O)OC1C(OP(=O)(O)O)C(OP(=O)(O)O)C(OP(=O)(O)O)C(OP(=O)(O)O)C1OP(=O)(O)O. The second kappa shape index (κ2) is 23.1. The largest absolute Gasteiger partial charge is 0.480 e. The number of hydrogen-bond donors (Lipinski definition) is 17. The molecule has 2 atom stereocenters. The number of carbonyl (C=O) groups is 4. The molecule has 0 bridgehead atoms. The smallest absolute Gasteiger partial charge is 0.470 e. The van der Waals surface area contributed by atoms with E-state index in [2.05, 4.69) is 42.4 Å². The molecule has 35 nitrogen and oxygen atoms in total. The van der Waals surface area contributed by atoms with Gasteiger partial charge in [0.1, 0.15) is 55.3 Å². The first-order valence-electron chi connectivity index (χ1n) is 14.0. The summed E-state index contributed by atoms with van der Waals surface area (Å²) in [5.74, 6) is -4.17. The zero-order valence-electron chi connectivity index (χ0n) is 27.8. The molecular formula is C16H34N4O31P6S. The van der Waals surface area contributed by atoms with Crippen molar-refractivity contribution in [1.82, 2.24) is 10.6 Å². The van der Waals surface area contributed by atoms with Gasteiger partial charge in [-0.2, -0.15) is 0 Å². The molecule has 18 N–H and O–H groups in total. The average molecular weight is 996 g/mol. The van der Waals surface area contributed by atoms with E-state index in [0.29, 0.717) is 11.9 Å². The highest BCUT2D eigenvalue weighted by Crippen LogP contribution is 2.57. The second-order valence-corrected chi connectivity index (χ2v) is 18.3. The van der Waals surface area contributed by atoms with Crippen LogP contribution in [-0.2, 0) is 73.7 Å². The van der Waals surface area contributed by atoms with Gasteiger partial charge in [-0.25, -0.2) is 27.4 Å². The number of phosphoric acid groups is 6. The summed E-state index contributed by atoms with van der Waals surface area (Å²) in [4.78, 5) is 164. The molecule has 0 aromatic rings. The van der Waals surface area contributed by atoms with Crippen molar-refractivity contribution < 1.29 is 143 Å². The Labute approximate surface area is 324 Å². The lowest BCUT2D eigenvalue weighted by molar-refractivity contribution is -0.202. The Morgan fingerprint density at radius 3 is 1.12 bits per heavy atom. The highest BCUT2D eigenvalue weighted by Gasteiger charge is 2.62. The van der Waals surface area contributed by atoms with Crippen molar-refractivity contribution in [1.29, 1.82) is 0 Å². The molecule has 0 heterocycles. The van der Waals surface area contributed by atoms with Crippen LogP contribution < -0.4 is 16.4 Å². The minimum Gasteiger partial charge on any atom is -0.480 e. The molecule has 1 aliphatic rings. The molecular weight excluding hydrogens is 962 g/mol. The zero-order chi connectivity index (χ0) is 45.8. The van der Waals surface area contributed by atoms with E-state index in [1.807, 2.05) is 0 Å². The number of carboxylic acids is 2. The quantitative estimate of drug-likeness (QED) is 0.0259. The van der Waals surface area contributed by atoms with Gasteiger partial charge in [0.15, 0.2) is 0 Å². The van der Waals surface area contributed by atoms with Crippen LogP contribution in [0.2, 0.25) is 0 Å². The number of amides is 2. The first-order chi connectivity index (χ1) is 25.8. The van der Waals surface area contributed by atoms with Crippen LogP contribution in [0, 0.1) is 4.91 Å². The molecule has 1 fully saturated rings. The maximum absolute atomic E-state index is 11.7. The summed E-state index contributed by atoms with van der Waals surface area (Å²) in [5, 5.41) is 21.3. The highest BCUT2D eigenvalue weighted by molar-refractivity contribution is 7.97. The minimum atomic E-state index is -6.02. The monoisotopic (exact) mass is 996 g/mol. The van der Waals surface area contributed by atoms with Crippen molar-refractivity contribution in [2.45, 2.75) is 61.5 Å². The standard InChI is InChI=1S/C10H16N4O7S.C6H18O24P6/c11-5(10(19)20)1-2-7(15)13-6(4-22-14-21)9(18)12-3-8(16)17;7-31(8,9)25-1-2(26-32(10,11)12)4(28-34(16,17)18)6(30-36(22,23)24)5(29-35(19,20)21)3(1)27-33(13,14)15/h5-6H,1-4,11H2,(H,12,18)(H,13,15)(H,16,17)(H,19,20);1-6H,(H2,7,8,9)(H2,10,11,12)(H2,13,14,15)(H2,16,17,18)(H2,19,20,21)(H2,22,23,24)/t5-,6-;/m0./s1. The number of rotatable bonds is 23. The van der Waals surface area contributed by atoms with Crippen LogP contribution in [-0.4, -0.2) is 154 Å². The molecule has 2 amide bonds. The van der Waals surface area contributed by atoms with Gasteiger partial charge in [0.2, 0.25) is 11.8 Å². The lowest BCUT2D eigenvalue weighted by Crippen LogP contribution is -2.66. The van der Waals surface area contributed by atoms with Crippen molar-refractivity contribution in [3.05, 3.63) is 4.91 Å². The Hall–Kier alpha value is -1.55. The Morgan fingerprint density at radius 2 is 0.897 bits per heavy atom. The van der Waals surface area contributed by atoms with E-state index in [4.69, 9.17) is 74.7 Å². The molecule has 0 saturated heterocycles. The number of hydrogen-bond acceptors (Lipinski definition) is 20. The van der Waals surface area contributed by atoms with E-state index in [0.717, 1.165) is 0 Å². The average Bonchev–Trinajstić information content (AvgIpc) is 2.98. The van der Waals surface area contributed by atoms with E-state index in [-0.39, 0.29) is 18.6 Å². The molecule has 1 aliphatic carbocycles. The lowest BCUT2D eigenvalue weighted by Gasteiger charge is -2.48. The predicted octanol–water partition coefficient (Wildman–Crippen LogP) is -4.85. The molecule has 1 rings (SSSR count). The van der Waals surface area contributed by atoms with E-state index in [9.17, 15) is 51.5 Å². The molecule has 0 unspecified atom stereocenters. The number of carboxylic acid groups (broad SMARTS) is 2. The van der Waals surface area contributed by atoms with Crippen molar-refractivity contribution in [3.63, 3.8) is 0 Å². The molecule has 42 heteroatoms. The number of nitrogens with one attached hydrogen (secondary N) is 2. The van der Waals surface area contributed by atoms with Gasteiger partial charge < -0.3 is 85.3 Å². The van der Waals surface area contributed by atoms with Crippen LogP contribution in [0.5, 0.6) is 0 Å². The van der Waals surface area contributed by atoms with Gasteiger partial charge in [-0.15, -0.1) is 4.91 Å². The normalized spacial score (nSPS) is 23.1. The first kappa shape index (κ1) is 56.5. The van der Waals surface area contributed by atoms with Crippen molar-refractivity contribution >= 4 is 82.6 Å². The summed E-state index contributed by atoms with van der Waals surface area (Å²) in [5.41, 5.74) is 5.23. The van der Waals surface area contributed by atoms with Crippen molar-refractivity contribution in [2.24, 2.45) is 10.3 Å². The van der Waals surface area contributed by atoms with Crippen molar-refractivity contribution in [3.8, 4) is 0 Å². The number of nitroso groups, excluding NO2 is 1. The van der Waals surface area contributed by atoms with Crippen LogP contribution in [0.1, 0.15) is 12.8 Å². The second-order valence-electron chi connectivity index (χ2n) is 10.4. The number of phosphoric ester groups is 6. The maximum Gasteiger partial charge on any atom is 0.470 e. The van der Waals surface area contributed by atoms with E-state index in [1.54, 1.807) is 0 Å². The summed E-state index contributed by atoms with van der Waals surface area (Å²) in [6.45, 7) is -0.645. The molecule has 0 aromatic heterocycles. The predicted molar refractivity (Wildman–Crippen MR) is 177 cm³/mol. The van der Waals surface area contributed by atoms with Gasteiger partial charge in [0.25, 0.3) is 0 Å². The summed E-state index contributed by atoms with van der Waals surface area (Å²) >= 11 is 0.478. The Bertz CT molecular complexity index is 1500.